The number of nitrogens with one attached hydrogen (secondary N) is 2. The van der Waals surface area contributed by atoms with Gasteiger partial charge in [0.25, 0.3) is 5.56 Å². The number of para-hydroxylation sites is 1. The van der Waals surface area contributed by atoms with E-state index in [0.29, 0.717) is 40.9 Å². The number of halogens is 1. The Morgan fingerprint density at radius 3 is 2.45 bits per heavy atom. The number of anilines is 1. The minimum absolute atomic E-state index is 0.0610. The molecule has 0 aliphatic rings. The van der Waals surface area contributed by atoms with Crippen LogP contribution in [0, 0.1) is 0 Å². The highest BCUT2D eigenvalue weighted by atomic mass is 35.5. The highest BCUT2D eigenvalue weighted by Gasteiger charge is 2.15. The molecule has 0 spiro atoms. The van der Waals surface area contributed by atoms with Gasteiger partial charge in [-0.15, -0.1) is 0 Å². The van der Waals surface area contributed by atoms with Gasteiger partial charge in [-0.05, 0) is 57.0 Å². The van der Waals surface area contributed by atoms with Gasteiger partial charge in [0.15, 0.2) is 0 Å². The lowest BCUT2D eigenvalue weighted by molar-refractivity contribution is -0.121. The summed E-state index contributed by atoms with van der Waals surface area (Å²) in [5, 5.41) is 6.37. The molecule has 9 heteroatoms. The number of fused-ring (bicyclic) bond motifs is 1. The number of carbonyl (C=O) groups excluding carboxylic acids is 2. The Morgan fingerprint density at radius 1 is 0.970 bits per heavy atom. The first-order valence-corrected chi connectivity index (χ1v) is 11.2. The zero-order valence-electron chi connectivity index (χ0n) is 18.6. The van der Waals surface area contributed by atoms with Crippen LogP contribution in [-0.2, 0) is 22.7 Å². The number of hydrogen-bond donors (Lipinski definition) is 2. The highest BCUT2D eigenvalue weighted by Crippen LogP contribution is 2.15. The third kappa shape index (κ3) is 6.32. The zero-order valence-corrected chi connectivity index (χ0v) is 19.4. The van der Waals surface area contributed by atoms with Gasteiger partial charge in [-0.1, -0.05) is 29.8 Å². The van der Waals surface area contributed by atoms with Gasteiger partial charge in [-0.3, -0.25) is 23.5 Å². The molecule has 0 bridgehead atoms. The van der Waals surface area contributed by atoms with Crippen molar-refractivity contribution in [2.45, 2.75) is 52.2 Å². The van der Waals surface area contributed by atoms with E-state index < -0.39 is 17.2 Å². The standard InChI is InChI=1S/C24H27ClN4O4/c1-16(2)26-21(30)12-5-6-13-28-23(32)19-10-3-4-11-20(19)29(24(28)33)15-22(31)27-18-9-7-8-17(25)14-18/h3-4,7-11,14,16H,5-6,12-13,15H2,1-2H3,(H,26,30)(H,27,31). The van der Waals surface area contributed by atoms with E-state index in [1.807, 2.05) is 13.8 Å². The Labute approximate surface area is 196 Å². The van der Waals surface area contributed by atoms with Gasteiger partial charge in [0.05, 0.1) is 10.9 Å². The molecular formula is C24H27ClN4O4. The summed E-state index contributed by atoms with van der Waals surface area (Å²) < 4.78 is 2.43. The van der Waals surface area contributed by atoms with E-state index in [1.54, 1.807) is 48.5 Å². The average molecular weight is 471 g/mol. The van der Waals surface area contributed by atoms with Crippen molar-refractivity contribution >= 4 is 40.0 Å². The molecule has 2 N–H and O–H groups in total. The second kappa shape index (κ2) is 11.0. The second-order valence-electron chi connectivity index (χ2n) is 8.08. The molecule has 3 rings (SSSR count). The maximum Gasteiger partial charge on any atom is 0.331 e. The van der Waals surface area contributed by atoms with Crippen molar-refractivity contribution in [1.82, 2.24) is 14.5 Å². The van der Waals surface area contributed by atoms with Gasteiger partial charge in [0.2, 0.25) is 11.8 Å². The molecule has 0 aliphatic carbocycles. The van der Waals surface area contributed by atoms with Crippen LogP contribution in [0.3, 0.4) is 0 Å². The summed E-state index contributed by atoms with van der Waals surface area (Å²) in [4.78, 5) is 50.6. The predicted octanol–water partition coefficient (Wildman–Crippen LogP) is 3.15. The van der Waals surface area contributed by atoms with Crippen LogP contribution in [0.25, 0.3) is 10.9 Å². The molecule has 0 saturated carbocycles. The largest absolute Gasteiger partial charge is 0.354 e. The first-order valence-electron chi connectivity index (χ1n) is 10.8. The molecule has 0 fully saturated rings. The summed E-state index contributed by atoms with van der Waals surface area (Å²) in [6.45, 7) is 3.67. The molecule has 2 aromatic carbocycles. The minimum atomic E-state index is -0.563. The van der Waals surface area contributed by atoms with E-state index in [2.05, 4.69) is 10.6 Å². The van der Waals surface area contributed by atoms with E-state index >= 15 is 0 Å². The molecule has 33 heavy (non-hydrogen) atoms. The first kappa shape index (κ1) is 24.3. The molecule has 1 heterocycles. The van der Waals surface area contributed by atoms with Crippen molar-refractivity contribution in [3.8, 4) is 0 Å². The Kier molecular flexibility index (Phi) is 8.06. The van der Waals surface area contributed by atoms with Gasteiger partial charge in [0, 0.05) is 29.7 Å². The number of benzene rings is 2. The second-order valence-corrected chi connectivity index (χ2v) is 8.52. The number of aromatic nitrogens is 2. The van der Waals surface area contributed by atoms with Gasteiger partial charge in [-0.25, -0.2) is 4.79 Å². The molecule has 3 aromatic rings. The normalized spacial score (nSPS) is 11.0. The van der Waals surface area contributed by atoms with Crippen LogP contribution in [0.5, 0.6) is 0 Å². The number of unbranched alkanes of at least 4 members (excludes halogenated alkanes) is 1. The molecule has 0 atom stereocenters. The molecule has 1 aromatic heterocycles. The van der Waals surface area contributed by atoms with Crippen molar-refractivity contribution in [2.75, 3.05) is 5.32 Å². The summed E-state index contributed by atoms with van der Waals surface area (Å²) in [5.41, 5.74) is -0.0699. The number of hydrogen-bond acceptors (Lipinski definition) is 4. The fourth-order valence-corrected chi connectivity index (χ4v) is 3.77. The fourth-order valence-electron chi connectivity index (χ4n) is 3.58. The monoisotopic (exact) mass is 470 g/mol. The van der Waals surface area contributed by atoms with Crippen LogP contribution >= 0.6 is 11.6 Å². The van der Waals surface area contributed by atoms with Crippen LogP contribution in [0.4, 0.5) is 5.69 Å². The number of carbonyl (C=O) groups is 2. The average Bonchev–Trinajstić information content (AvgIpc) is 2.75. The van der Waals surface area contributed by atoms with Crippen molar-refractivity contribution in [1.29, 1.82) is 0 Å². The Hall–Kier alpha value is -3.39. The van der Waals surface area contributed by atoms with E-state index in [9.17, 15) is 19.2 Å². The molecule has 8 nitrogen and oxygen atoms in total. The minimum Gasteiger partial charge on any atom is -0.354 e. The smallest absolute Gasteiger partial charge is 0.331 e. The molecule has 0 aliphatic heterocycles. The summed E-state index contributed by atoms with van der Waals surface area (Å²) in [6.07, 6.45) is 1.33. The highest BCUT2D eigenvalue weighted by molar-refractivity contribution is 6.30. The molecule has 174 valence electrons. The van der Waals surface area contributed by atoms with E-state index in [4.69, 9.17) is 11.6 Å². The lowest BCUT2D eigenvalue weighted by Gasteiger charge is -2.14. The first-order chi connectivity index (χ1) is 15.8. The van der Waals surface area contributed by atoms with Gasteiger partial charge in [-0.2, -0.15) is 0 Å². The van der Waals surface area contributed by atoms with Crippen LogP contribution in [0.15, 0.2) is 58.1 Å². The van der Waals surface area contributed by atoms with Crippen molar-refractivity contribution in [3.63, 3.8) is 0 Å². The summed E-state index contributed by atoms with van der Waals surface area (Å²) in [5.74, 6) is -0.481. The van der Waals surface area contributed by atoms with E-state index in [0.717, 1.165) is 4.57 Å². The predicted molar refractivity (Wildman–Crippen MR) is 130 cm³/mol. The maximum absolute atomic E-state index is 13.2. The summed E-state index contributed by atoms with van der Waals surface area (Å²) in [6, 6.07) is 13.5. The van der Waals surface area contributed by atoms with Crippen molar-refractivity contribution < 1.29 is 9.59 Å². The summed E-state index contributed by atoms with van der Waals surface area (Å²) >= 11 is 5.97. The van der Waals surface area contributed by atoms with Crippen LogP contribution in [0.2, 0.25) is 5.02 Å². The van der Waals surface area contributed by atoms with E-state index in [-0.39, 0.29) is 25.0 Å². The third-order valence-electron chi connectivity index (χ3n) is 5.03. The third-order valence-corrected chi connectivity index (χ3v) is 5.26. The molecule has 0 unspecified atom stereocenters. The zero-order chi connectivity index (χ0) is 24.0. The SMILES string of the molecule is CC(C)NC(=O)CCCCn1c(=O)c2ccccc2n(CC(=O)Nc2cccc(Cl)c2)c1=O. The van der Waals surface area contributed by atoms with Gasteiger partial charge < -0.3 is 10.6 Å². The lowest BCUT2D eigenvalue weighted by Crippen LogP contribution is -2.41. The Bertz CT molecular complexity index is 1280. The number of rotatable bonds is 9. The molecule has 2 amide bonds. The van der Waals surface area contributed by atoms with Gasteiger partial charge >= 0.3 is 5.69 Å². The topological polar surface area (TPSA) is 102 Å². The molecular weight excluding hydrogens is 444 g/mol. The Morgan fingerprint density at radius 2 is 1.73 bits per heavy atom. The van der Waals surface area contributed by atoms with Crippen LogP contribution in [-0.4, -0.2) is 27.0 Å². The van der Waals surface area contributed by atoms with Crippen molar-refractivity contribution in [2.24, 2.45) is 0 Å². The lowest BCUT2D eigenvalue weighted by atomic mass is 10.2. The van der Waals surface area contributed by atoms with Crippen LogP contribution < -0.4 is 21.9 Å². The van der Waals surface area contributed by atoms with E-state index in [1.165, 1.54) is 4.57 Å². The van der Waals surface area contributed by atoms with Gasteiger partial charge in [0.1, 0.15) is 6.54 Å². The number of nitrogens with zero attached hydrogens (tertiary/aromatic N) is 2. The van der Waals surface area contributed by atoms with Crippen molar-refractivity contribution in [3.05, 3.63) is 74.4 Å². The Balaban J connectivity index is 1.82. The molecule has 0 radical (unpaired) electrons. The summed E-state index contributed by atoms with van der Waals surface area (Å²) in [7, 11) is 0. The molecule has 0 saturated heterocycles. The van der Waals surface area contributed by atoms with Crippen LogP contribution in [0.1, 0.15) is 33.1 Å². The quantitative estimate of drug-likeness (QED) is 0.469. The number of amides is 2. The fraction of sp³-hybridized carbons (Fsp3) is 0.333. The maximum atomic E-state index is 13.2.